The van der Waals surface area contributed by atoms with E-state index in [1.165, 1.54) is 6.42 Å². The number of nitrogens with two attached hydrogens (primary N) is 1. The van der Waals surface area contributed by atoms with Gasteiger partial charge in [-0.25, -0.2) is 0 Å². The molecule has 0 unspecified atom stereocenters. The molecule has 1 aromatic carbocycles. The third kappa shape index (κ3) is 4.29. The highest BCUT2D eigenvalue weighted by molar-refractivity contribution is 7.80. The minimum atomic E-state index is -0.0394. The van der Waals surface area contributed by atoms with Crippen molar-refractivity contribution in [3.63, 3.8) is 0 Å². The average molecular weight is 278 g/mol. The highest BCUT2D eigenvalue weighted by Crippen LogP contribution is 2.21. The van der Waals surface area contributed by atoms with Crippen molar-refractivity contribution >= 4 is 28.8 Å². The summed E-state index contributed by atoms with van der Waals surface area (Å²) in [6.07, 6.45) is 4.25. The minimum Gasteiger partial charge on any atom is -0.389 e. The second-order valence-corrected chi connectivity index (χ2v) is 5.10. The Kier molecular flexibility index (Phi) is 4.87. The molecule has 0 spiro atoms. The number of hydrogen-bond donors (Lipinski definition) is 2. The molecule has 1 aliphatic carbocycles. The van der Waals surface area contributed by atoms with Crippen LogP contribution in [0.2, 0.25) is 0 Å². The van der Waals surface area contributed by atoms with Crippen LogP contribution >= 0.6 is 12.2 Å². The van der Waals surface area contributed by atoms with E-state index in [0.29, 0.717) is 24.1 Å². The fourth-order valence-corrected chi connectivity index (χ4v) is 1.93. The van der Waals surface area contributed by atoms with E-state index < -0.39 is 0 Å². The third-order valence-corrected chi connectivity index (χ3v) is 3.42. The predicted molar refractivity (Wildman–Crippen MR) is 79.2 cm³/mol. The van der Waals surface area contributed by atoms with Crippen molar-refractivity contribution in [1.82, 2.24) is 0 Å². The molecule has 1 fully saturated rings. The highest BCUT2D eigenvalue weighted by Gasteiger charge is 2.17. The van der Waals surface area contributed by atoms with E-state index in [0.717, 1.165) is 24.1 Å². The largest absolute Gasteiger partial charge is 0.389 e. The molecule has 1 saturated carbocycles. The number of ether oxygens (including phenoxy) is 1. The number of anilines is 1. The van der Waals surface area contributed by atoms with Gasteiger partial charge in [0, 0.05) is 11.3 Å². The molecule has 0 heterocycles. The van der Waals surface area contributed by atoms with Crippen LogP contribution in [0.1, 0.15) is 31.2 Å². The zero-order valence-electron chi connectivity index (χ0n) is 10.7. The summed E-state index contributed by atoms with van der Waals surface area (Å²) in [6.45, 7) is 0.488. The lowest BCUT2D eigenvalue weighted by atomic mass is 9.96. The SMILES string of the molecule is NC(=S)c1ccc(NC(=O)CCOC2CCC2)cc1. The number of amides is 1. The molecule has 5 heteroatoms. The molecule has 0 atom stereocenters. The van der Waals surface area contributed by atoms with Crippen molar-refractivity contribution < 1.29 is 9.53 Å². The summed E-state index contributed by atoms with van der Waals surface area (Å²) >= 11 is 4.87. The van der Waals surface area contributed by atoms with E-state index in [1.807, 2.05) is 0 Å². The number of carbonyl (C=O) groups is 1. The van der Waals surface area contributed by atoms with Crippen molar-refractivity contribution in [3.05, 3.63) is 29.8 Å². The summed E-state index contributed by atoms with van der Waals surface area (Å²) in [6, 6.07) is 7.17. The maximum atomic E-state index is 11.7. The molecule has 19 heavy (non-hydrogen) atoms. The number of thiocarbonyl (C=S) groups is 1. The quantitative estimate of drug-likeness (QED) is 0.783. The zero-order valence-corrected chi connectivity index (χ0v) is 11.5. The summed E-state index contributed by atoms with van der Waals surface area (Å²) in [5, 5.41) is 2.81. The number of rotatable bonds is 6. The van der Waals surface area contributed by atoms with Crippen molar-refractivity contribution in [2.75, 3.05) is 11.9 Å². The monoisotopic (exact) mass is 278 g/mol. The van der Waals surface area contributed by atoms with Gasteiger partial charge in [-0.05, 0) is 43.5 Å². The Morgan fingerprint density at radius 2 is 2.05 bits per heavy atom. The van der Waals surface area contributed by atoms with Crippen molar-refractivity contribution in [1.29, 1.82) is 0 Å². The number of carbonyl (C=O) groups excluding carboxylic acids is 1. The van der Waals surface area contributed by atoms with Crippen LogP contribution in [0.5, 0.6) is 0 Å². The second-order valence-electron chi connectivity index (χ2n) is 4.66. The van der Waals surface area contributed by atoms with Crippen LogP contribution in [0, 0.1) is 0 Å². The predicted octanol–water partition coefficient (Wildman–Crippen LogP) is 2.22. The van der Waals surface area contributed by atoms with Gasteiger partial charge in [-0.3, -0.25) is 4.79 Å². The molecule has 3 N–H and O–H groups in total. The zero-order chi connectivity index (χ0) is 13.7. The second kappa shape index (κ2) is 6.63. The lowest BCUT2D eigenvalue weighted by Crippen LogP contribution is -2.24. The van der Waals surface area contributed by atoms with E-state index in [-0.39, 0.29) is 5.91 Å². The molecule has 1 amide bonds. The lowest BCUT2D eigenvalue weighted by molar-refractivity contribution is -0.118. The first-order chi connectivity index (χ1) is 9.15. The molecule has 4 nitrogen and oxygen atoms in total. The Balaban J connectivity index is 1.73. The minimum absolute atomic E-state index is 0.0394. The van der Waals surface area contributed by atoms with Gasteiger partial charge in [-0.1, -0.05) is 12.2 Å². The number of hydrogen-bond acceptors (Lipinski definition) is 3. The first kappa shape index (κ1) is 14.0. The van der Waals surface area contributed by atoms with E-state index >= 15 is 0 Å². The molecule has 0 bridgehead atoms. The van der Waals surface area contributed by atoms with Gasteiger partial charge >= 0.3 is 0 Å². The normalized spacial score (nSPS) is 14.7. The molecule has 1 aliphatic rings. The van der Waals surface area contributed by atoms with E-state index in [9.17, 15) is 4.79 Å². The summed E-state index contributed by atoms with van der Waals surface area (Å²) in [5.74, 6) is -0.0394. The standard InChI is InChI=1S/C14H18N2O2S/c15-14(19)10-4-6-11(7-5-10)16-13(17)8-9-18-12-2-1-3-12/h4-7,12H,1-3,8-9H2,(H2,15,19)(H,16,17). The van der Waals surface area contributed by atoms with Crippen LogP contribution in [0.25, 0.3) is 0 Å². The molecule has 0 aromatic heterocycles. The van der Waals surface area contributed by atoms with Crippen LogP contribution in [-0.2, 0) is 9.53 Å². The van der Waals surface area contributed by atoms with Gasteiger partial charge in [0.15, 0.2) is 0 Å². The lowest BCUT2D eigenvalue weighted by Gasteiger charge is -2.25. The first-order valence-corrected chi connectivity index (χ1v) is 6.87. The number of benzene rings is 1. The van der Waals surface area contributed by atoms with Gasteiger partial charge in [0.2, 0.25) is 5.91 Å². The average Bonchev–Trinajstić information content (AvgIpc) is 2.33. The molecule has 1 aromatic rings. The van der Waals surface area contributed by atoms with Gasteiger partial charge < -0.3 is 15.8 Å². The van der Waals surface area contributed by atoms with Crippen LogP contribution < -0.4 is 11.1 Å². The Labute approximate surface area is 118 Å². The smallest absolute Gasteiger partial charge is 0.226 e. The van der Waals surface area contributed by atoms with Gasteiger partial charge in [0.25, 0.3) is 0 Å². The molecule has 0 saturated heterocycles. The molecule has 102 valence electrons. The maximum absolute atomic E-state index is 11.7. The number of nitrogens with one attached hydrogen (secondary N) is 1. The van der Waals surface area contributed by atoms with E-state index in [2.05, 4.69) is 5.32 Å². The van der Waals surface area contributed by atoms with Crippen molar-refractivity contribution in [2.24, 2.45) is 5.73 Å². The summed E-state index contributed by atoms with van der Waals surface area (Å²) < 4.78 is 5.54. The molecular weight excluding hydrogens is 260 g/mol. The van der Waals surface area contributed by atoms with Gasteiger partial charge in [0.1, 0.15) is 4.99 Å². The molecule has 0 aliphatic heterocycles. The first-order valence-electron chi connectivity index (χ1n) is 6.46. The van der Waals surface area contributed by atoms with Gasteiger partial charge in [-0.15, -0.1) is 0 Å². The highest BCUT2D eigenvalue weighted by atomic mass is 32.1. The molecule has 2 rings (SSSR count). The maximum Gasteiger partial charge on any atom is 0.226 e. The van der Waals surface area contributed by atoms with Gasteiger partial charge in [0.05, 0.1) is 19.1 Å². The van der Waals surface area contributed by atoms with Crippen LogP contribution in [0.4, 0.5) is 5.69 Å². The van der Waals surface area contributed by atoms with E-state index in [4.69, 9.17) is 22.7 Å². The van der Waals surface area contributed by atoms with Crippen LogP contribution in [0.15, 0.2) is 24.3 Å². The Morgan fingerprint density at radius 3 is 2.58 bits per heavy atom. The van der Waals surface area contributed by atoms with Crippen LogP contribution in [0.3, 0.4) is 0 Å². The van der Waals surface area contributed by atoms with Gasteiger partial charge in [-0.2, -0.15) is 0 Å². The summed E-state index contributed by atoms with van der Waals surface area (Å²) in [7, 11) is 0. The fourth-order valence-electron chi connectivity index (χ4n) is 1.80. The Morgan fingerprint density at radius 1 is 1.37 bits per heavy atom. The summed E-state index contributed by atoms with van der Waals surface area (Å²) in [4.78, 5) is 12.0. The Hall–Kier alpha value is -1.46. The molecule has 0 radical (unpaired) electrons. The van der Waals surface area contributed by atoms with E-state index in [1.54, 1.807) is 24.3 Å². The topological polar surface area (TPSA) is 64.3 Å². The van der Waals surface area contributed by atoms with Crippen LogP contribution in [-0.4, -0.2) is 23.6 Å². The Bertz CT molecular complexity index is 455. The molecular formula is C14H18N2O2S. The van der Waals surface area contributed by atoms with Crippen molar-refractivity contribution in [3.8, 4) is 0 Å². The summed E-state index contributed by atoms with van der Waals surface area (Å²) in [5.41, 5.74) is 7.04. The third-order valence-electron chi connectivity index (χ3n) is 3.19. The van der Waals surface area contributed by atoms with Crippen molar-refractivity contribution in [2.45, 2.75) is 31.8 Å². The fraction of sp³-hybridized carbons (Fsp3) is 0.429.